The molecule has 0 aliphatic rings. The van der Waals surface area contributed by atoms with Gasteiger partial charge >= 0.3 is 5.97 Å². The summed E-state index contributed by atoms with van der Waals surface area (Å²) in [4.78, 5) is 10.9. The van der Waals surface area contributed by atoms with Crippen molar-refractivity contribution in [2.75, 3.05) is 23.4 Å². The zero-order valence-corrected chi connectivity index (χ0v) is 9.89. The van der Waals surface area contributed by atoms with Gasteiger partial charge in [0, 0.05) is 12.3 Å². The Morgan fingerprint density at radius 3 is 3.00 bits per heavy atom. The zero-order valence-electron chi connectivity index (χ0n) is 9.07. The summed E-state index contributed by atoms with van der Waals surface area (Å²) in [5, 5.41) is 11.8. The SMILES string of the molecule is C#CCSCCNc1cccc(F)c1C(=O)O. The Hall–Kier alpha value is -1.67. The lowest BCUT2D eigenvalue weighted by Gasteiger charge is -2.09. The van der Waals surface area contributed by atoms with Crippen LogP contribution in [0.15, 0.2) is 18.2 Å². The average molecular weight is 253 g/mol. The highest BCUT2D eigenvalue weighted by Crippen LogP contribution is 2.18. The predicted octanol–water partition coefficient (Wildman–Crippen LogP) is 2.30. The molecule has 2 N–H and O–H groups in total. The number of carbonyl (C=O) groups is 1. The molecule has 1 aromatic rings. The van der Waals surface area contributed by atoms with Crippen LogP contribution < -0.4 is 5.32 Å². The topological polar surface area (TPSA) is 49.3 Å². The van der Waals surface area contributed by atoms with E-state index in [9.17, 15) is 9.18 Å². The minimum absolute atomic E-state index is 0.291. The highest BCUT2D eigenvalue weighted by molar-refractivity contribution is 7.99. The third kappa shape index (κ3) is 4.00. The van der Waals surface area contributed by atoms with Gasteiger partial charge in [-0.15, -0.1) is 18.2 Å². The molecule has 0 amide bonds. The first-order chi connectivity index (χ1) is 8.16. The zero-order chi connectivity index (χ0) is 12.7. The van der Waals surface area contributed by atoms with Crippen LogP contribution in [0, 0.1) is 18.2 Å². The molecule has 1 rings (SSSR count). The van der Waals surface area contributed by atoms with E-state index in [1.807, 2.05) is 0 Å². The molecule has 5 heteroatoms. The van der Waals surface area contributed by atoms with E-state index in [1.54, 1.807) is 17.8 Å². The number of hydrogen-bond donors (Lipinski definition) is 2. The van der Waals surface area contributed by atoms with E-state index in [0.29, 0.717) is 18.0 Å². The normalized spacial score (nSPS) is 9.65. The van der Waals surface area contributed by atoms with E-state index >= 15 is 0 Å². The van der Waals surface area contributed by atoms with E-state index in [0.717, 1.165) is 11.8 Å². The first-order valence-corrected chi connectivity index (χ1v) is 6.09. The number of carboxylic acid groups (broad SMARTS) is 1. The summed E-state index contributed by atoms with van der Waals surface area (Å²) in [6.07, 6.45) is 5.09. The van der Waals surface area contributed by atoms with Crippen LogP contribution >= 0.6 is 11.8 Å². The third-order valence-corrected chi connectivity index (χ3v) is 2.84. The van der Waals surface area contributed by atoms with Crippen LogP contribution in [-0.4, -0.2) is 29.1 Å². The van der Waals surface area contributed by atoms with Gasteiger partial charge in [-0.05, 0) is 12.1 Å². The largest absolute Gasteiger partial charge is 0.478 e. The predicted molar refractivity (Wildman–Crippen MR) is 68.0 cm³/mol. The molecule has 90 valence electrons. The number of hydrogen-bond acceptors (Lipinski definition) is 3. The molecule has 0 heterocycles. The highest BCUT2D eigenvalue weighted by atomic mass is 32.2. The van der Waals surface area contributed by atoms with Crippen LogP contribution in [0.2, 0.25) is 0 Å². The Kier molecular flexibility index (Phi) is 5.37. The number of thioether (sulfide) groups is 1. The Morgan fingerprint density at radius 2 is 2.35 bits per heavy atom. The number of aromatic carboxylic acids is 1. The molecule has 0 saturated carbocycles. The summed E-state index contributed by atoms with van der Waals surface area (Å²) in [6, 6.07) is 4.14. The summed E-state index contributed by atoms with van der Waals surface area (Å²) in [7, 11) is 0. The van der Waals surface area contributed by atoms with E-state index in [4.69, 9.17) is 11.5 Å². The van der Waals surface area contributed by atoms with E-state index in [-0.39, 0.29) is 5.56 Å². The van der Waals surface area contributed by atoms with Gasteiger partial charge in [0.05, 0.1) is 11.4 Å². The molecule has 0 spiro atoms. The molecule has 1 aromatic carbocycles. The summed E-state index contributed by atoms with van der Waals surface area (Å²) in [5.41, 5.74) is -0.0340. The van der Waals surface area contributed by atoms with E-state index < -0.39 is 11.8 Å². The second-order valence-corrected chi connectivity index (χ2v) is 4.26. The number of rotatable bonds is 6. The number of halogens is 1. The second-order valence-electron chi connectivity index (χ2n) is 3.15. The number of benzene rings is 1. The fraction of sp³-hybridized carbons (Fsp3) is 0.250. The maximum atomic E-state index is 13.3. The monoisotopic (exact) mass is 253 g/mol. The van der Waals surface area contributed by atoms with Gasteiger partial charge in [-0.3, -0.25) is 0 Å². The van der Waals surface area contributed by atoms with Gasteiger partial charge in [0.25, 0.3) is 0 Å². The van der Waals surface area contributed by atoms with Gasteiger partial charge in [-0.2, -0.15) is 0 Å². The molecular formula is C12H12FNO2S. The first-order valence-electron chi connectivity index (χ1n) is 4.93. The molecule has 3 nitrogen and oxygen atoms in total. The fourth-order valence-electron chi connectivity index (χ4n) is 1.28. The second kappa shape index (κ2) is 6.81. The van der Waals surface area contributed by atoms with Crippen molar-refractivity contribution in [1.82, 2.24) is 0 Å². The first kappa shape index (κ1) is 13.4. The van der Waals surface area contributed by atoms with Crippen LogP contribution in [0.3, 0.4) is 0 Å². The summed E-state index contributed by atoms with van der Waals surface area (Å²) < 4.78 is 13.3. The molecule has 0 aromatic heterocycles. The van der Waals surface area contributed by atoms with Crippen molar-refractivity contribution in [3.63, 3.8) is 0 Å². The number of anilines is 1. The van der Waals surface area contributed by atoms with Crippen molar-refractivity contribution < 1.29 is 14.3 Å². The molecule has 17 heavy (non-hydrogen) atoms. The molecular weight excluding hydrogens is 241 g/mol. The quantitative estimate of drug-likeness (QED) is 0.603. The Labute approximate surface area is 103 Å². The van der Waals surface area contributed by atoms with Gasteiger partial charge in [0.15, 0.2) is 0 Å². The van der Waals surface area contributed by atoms with Crippen molar-refractivity contribution in [1.29, 1.82) is 0 Å². The van der Waals surface area contributed by atoms with E-state index in [2.05, 4.69) is 11.2 Å². The number of carboxylic acids is 1. The van der Waals surface area contributed by atoms with Gasteiger partial charge < -0.3 is 10.4 Å². The lowest BCUT2D eigenvalue weighted by atomic mass is 10.1. The summed E-state index contributed by atoms with van der Waals surface area (Å²) >= 11 is 1.55. The molecule has 0 fully saturated rings. The maximum absolute atomic E-state index is 13.3. The Bertz CT molecular complexity index is 443. The standard InChI is InChI=1S/C12H12FNO2S/c1-2-7-17-8-6-14-10-5-3-4-9(13)11(10)12(15)16/h1,3-5,14H,6-8H2,(H,15,16). The molecule has 0 radical (unpaired) electrons. The molecule has 0 bridgehead atoms. The lowest BCUT2D eigenvalue weighted by Crippen LogP contribution is -2.11. The Balaban J connectivity index is 2.62. The fourth-order valence-corrected chi connectivity index (χ4v) is 1.79. The molecule has 0 saturated heterocycles. The average Bonchev–Trinajstić information content (AvgIpc) is 2.28. The van der Waals surface area contributed by atoms with Crippen molar-refractivity contribution in [2.45, 2.75) is 0 Å². The third-order valence-electron chi connectivity index (χ3n) is 1.97. The van der Waals surface area contributed by atoms with Gasteiger partial charge in [0.1, 0.15) is 11.4 Å². The Morgan fingerprint density at radius 1 is 1.59 bits per heavy atom. The maximum Gasteiger partial charge on any atom is 0.340 e. The number of nitrogens with one attached hydrogen (secondary N) is 1. The lowest BCUT2D eigenvalue weighted by molar-refractivity contribution is 0.0693. The van der Waals surface area contributed by atoms with Crippen LogP contribution in [-0.2, 0) is 0 Å². The highest BCUT2D eigenvalue weighted by Gasteiger charge is 2.14. The van der Waals surface area contributed by atoms with Crippen LogP contribution in [0.4, 0.5) is 10.1 Å². The van der Waals surface area contributed by atoms with Gasteiger partial charge in [-0.1, -0.05) is 12.0 Å². The van der Waals surface area contributed by atoms with Gasteiger partial charge in [0.2, 0.25) is 0 Å². The van der Waals surface area contributed by atoms with Crippen molar-refractivity contribution in [3.05, 3.63) is 29.6 Å². The van der Waals surface area contributed by atoms with Crippen LogP contribution in [0.5, 0.6) is 0 Å². The minimum atomic E-state index is -1.28. The molecule has 0 atom stereocenters. The molecule has 0 unspecified atom stereocenters. The van der Waals surface area contributed by atoms with Crippen LogP contribution in [0.1, 0.15) is 10.4 Å². The molecule has 0 aliphatic heterocycles. The van der Waals surface area contributed by atoms with Crippen molar-refractivity contribution in [2.24, 2.45) is 0 Å². The number of terminal acetylenes is 1. The summed E-state index contributed by atoms with van der Waals surface area (Å²) in [5.74, 6) is 1.82. The smallest absolute Gasteiger partial charge is 0.340 e. The van der Waals surface area contributed by atoms with Crippen LogP contribution in [0.25, 0.3) is 0 Å². The van der Waals surface area contributed by atoms with Crippen molar-refractivity contribution >= 4 is 23.4 Å². The molecule has 0 aliphatic carbocycles. The summed E-state index contributed by atoms with van der Waals surface area (Å²) in [6.45, 7) is 0.538. The van der Waals surface area contributed by atoms with E-state index in [1.165, 1.54) is 6.07 Å². The van der Waals surface area contributed by atoms with Gasteiger partial charge in [-0.25, -0.2) is 9.18 Å². The van der Waals surface area contributed by atoms with Crippen molar-refractivity contribution in [3.8, 4) is 12.3 Å². The minimum Gasteiger partial charge on any atom is -0.478 e.